The summed E-state index contributed by atoms with van der Waals surface area (Å²) >= 11 is 1.47. The highest BCUT2D eigenvalue weighted by molar-refractivity contribution is 7.99. The average Bonchev–Trinajstić information content (AvgIpc) is 3.39. The molecule has 0 unspecified atom stereocenters. The molecule has 2 aliphatic rings. The summed E-state index contributed by atoms with van der Waals surface area (Å²) in [6.07, 6.45) is 9.08. The molecule has 1 atom stereocenters. The van der Waals surface area contributed by atoms with Gasteiger partial charge in [0.05, 0.1) is 24.9 Å². The molecule has 0 radical (unpaired) electrons. The van der Waals surface area contributed by atoms with Gasteiger partial charge in [-0.2, -0.15) is 0 Å². The molecule has 1 saturated carbocycles. The molecule has 1 amide bonds. The number of nitrogens with zero attached hydrogens (tertiary/aromatic N) is 5. The zero-order chi connectivity index (χ0) is 20.1. The quantitative estimate of drug-likeness (QED) is 0.663. The van der Waals surface area contributed by atoms with E-state index in [0.717, 1.165) is 49.6 Å². The number of carbonyl (C=O) groups excluding carboxylic acids is 1. The number of amides is 1. The van der Waals surface area contributed by atoms with Gasteiger partial charge in [0.1, 0.15) is 5.75 Å². The fourth-order valence-corrected chi connectivity index (χ4v) is 5.28. The molecule has 0 bridgehead atoms. The molecular formula is C21H29N5O2S. The predicted octanol–water partition coefficient (Wildman–Crippen LogP) is 4.03. The summed E-state index contributed by atoms with van der Waals surface area (Å²) in [6, 6.07) is 8.64. The van der Waals surface area contributed by atoms with Gasteiger partial charge in [-0.05, 0) is 53.8 Å². The Kier molecular flexibility index (Phi) is 6.69. The van der Waals surface area contributed by atoms with Crippen LogP contribution in [0, 0.1) is 0 Å². The van der Waals surface area contributed by atoms with Crippen molar-refractivity contribution in [3.63, 3.8) is 0 Å². The number of methoxy groups -OCH3 is 1. The zero-order valence-corrected chi connectivity index (χ0v) is 17.8. The van der Waals surface area contributed by atoms with Gasteiger partial charge in [0.25, 0.3) is 0 Å². The van der Waals surface area contributed by atoms with Crippen molar-refractivity contribution in [1.82, 2.24) is 25.1 Å². The fourth-order valence-electron chi connectivity index (χ4n) is 4.45. The monoisotopic (exact) mass is 415 g/mol. The Morgan fingerprint density at radius 1 is 1.10 bits per heavy atom. The standard InChI is InChI=1S/C21H29N5O2S/c1-28-18-12-10-16(11-13-18)19-9-3-2-6-14-25(19)20(27)15-29-21-22-23-24-26(21)17-7-4-5-8-17/h10-13,17,19H,2-9,14-15H2,1H3/t19-/m1/s1. The van der Waals surface area contributed by atoms with Crippen LogP contribution in [0.2, 0.25) is 0 Å². The maximum Gasteiger partial charge on any atom is 0.233 e. The lowest BCUT2D eigenvalue weighted by Gasteiger charge is -2.30. The van der Waals surface area contributed by atoms with E-state index in [0.29, 0.717) is 11.8 Å². The third-order valence-electron chi connectivity index (χ3n) is 6.03. The first kappa shape index (κ1) is 20.2. The summed E-state index contributed by atoms with van der Waals surface area (Å²) in [5.74, 6) is 1.38. The lowest BCUT2D eigenvalue weighted by Crippen LogP contribution is -2.36. The highest BCUT2D eigenvalue weighted by Crippen LogP contribution is 2.34. The van der Waals surface area contributed by atoms with E-state index in [1.165, 1.54) is 36.6 Å². The number of thioether (sulfide) groups is 1. The molecule has 1 aliphatic heterocycles. The van der Waals surface area contributed by atoms with Gasteiger partial charge in [0, 0.05) is 6.54 Å². The van der Waals surface area contributed by atoms with E-state index in [1.54, 1.807) is 7.11 Å². The van der Waals surface area contributed by atoms with Gasteiger partial charge in [-0.15, -0.1) is 5.10 Å². The molecule has 1 saturated heterocycles. The predicted molar refractivity (Wildman–Crippen MR) is 112 cm³/mol. The van der Waals surface area contributed by atoms with Crippen LogP contribution < -0.4 is 4.74 Å². The van der Waals surface area contributed by atoms with Gasteiger partial charge in [-0.25, -0.2) is 4.68 Å². The highest BCUT2D eigenvalue weighted by Gasteiger charge is 2.28. The van der Waals surface area contributed by atoms with Gasteiger partial charge in [-0.3, -0.25) is 4.79 Å². The minimum absolute atomic E-state index is 0.127. The van der Waals surface area contributed by atoms with Crippen molar-refractivity contribution in [2.24, 2.45) is 0 Å². The summed E-state index contributed by atoms with van der Waals surface area (Å²) in [6.45, 7) is 0.809. The van der Waals surface area contributed by atoms with E-state index in [4.69, 9.17) is 4.74 Å². The molecule has 156 valence electrons. The fraction of sp³-hybridized carbons (Fsp3) is 0.619. The zero-order valence-electron chi connectivity index (χ0n) is 17.0. The Morgan fingerprint density at radius 3 is 2.62 bits per heavy atom. The maximum absolute atomic E-state index is 13.2. The number of likely N-dealkylation sites (tertiary alicyclic amines) is 1. The van der Waals surface area contributed by atoms with E-state index >= 15 is 0 Å². The molecule has 2 heterocycles. The van der Waals surface area contributed by atoms with Crippen molar-refractivity contribution in [2.45, 2.75) is 68.6 Å². The van der Waals surface area contributed by atoms with Crippen molar-refractivity contribution in [1.29, 1.82) is 0 Å². The lowest BCUT2D eigenvalue weighted by atomic mass is 10.0. The number of carbonyl (C=O) groups is 1. The molecule has 29 heavy (non-hydrogen) atoms. The number of tetrazole rings is 1. The van der Waals surface area contributed by atoms with Gasteiger partial charge in [0.2, 0.25) is 11.1 Å². The molecule has 0 spiro atoms. The van der Waals surface area contributed by atoms with Crippen LogP contribution in [0.4, 0.5) is 0 Å². The van der Waals surface area contributed by atoms with Crippen LogP contribution in [0.1, 0.15) is 69.0 Å². The third-order valence-corrected chi connectivity index (χ3v) is 6.95. The molecule has 2 aromatic rings. The van der Waals surface area contributed by atoms with Crippen LogP contribution in [0.25, 0.3) is 0 Å². The summed E-state index contributed by atoms with van der Waals surface area (Å²) in [5.41, 5.74) is 1.18. The summed E-state index contributed by atoms with van der Waals surface area (Å²) < 4.78 is 7.21. The SMILES string of the molecule is COc1ccc([C@H]2CCCCCN2C(=O)CSc2nnnn2C2CCCC2)cc1. The van der Waals surface area contributed by atoms with Gasteiger partial charge >= 0.3 is 0 Å². The number of benzene rings is 1. The number of hydrogen-bond donors (Lipinski definition) is 0. The molecule has 0 N–H and O–H groups in total. The first-order chi connectivity index (χ1) is 14.3. The van der Waals surface area contributed by atoms with E-state index in [2.05, 4.69) is 32.6 Å². The summed E-state index contributed by atoms with van der Waals surface area (Å²) in [4.78, 5) is 15.2. The molecular weight excluding hydrogens is 386 g/mol. The molecule has 1 aliphatic carbocycles. The van der Waals surface area contributed by atoms with E-state index in [9.17, 15) is 4.79 Å². The number of hydrogen-bond acceptors (Lipinski definition) is 6. The topological polar surface area (TPSA) is 73.1 Å². The van der Waals surface area contributed by atoms with Crippen molar-refractivity contribution in [3.05, 3.63) is 29.8 Å². The van der Waals surface area contributed by atoms with Crippen LogP contribution in [0.15, 0.2) is 29.4 Å². The van der Waals surface area contributed by atoms with Crippen LogP contribution in [-0.4, -0.2) is 50.4 Å². The largest absolute Gasteiger partial charge is 0.497 e. The minimum atomic E-state index is 0.127. The van der Waals surface area contributed by atoms with Crippen LogP contribution in [0.5, 0.6) is 5.75 Å². The Hall–Kier alpha value is -2.09. The maximum atomic E-state index is 13.2. The molecule has 4 rings (SSSR count). The number of rotatable bonds is 6. The van der Waals surface area contributed by atoms with Crippen molar-refractivity contribution in [3.8, 4) is 5.75 Å². The second kappa shape index (κ2) is 9.61. The summed E-state index contributed by atoms with van der Waals surface area (Å²) in [7, 11) is 1.67. The molecule has 2 fully saturated rings. The normalized spacial score (nSPS) is 20.6. The molecule has 8 heteroatoms. The molecule has 1 aromatic heterocycles. The smallest absolute Gasteiger partial charge is 0.233 e. The van der Waals surface area contributed by atoms with E-state index in [-0.39, 0.29) is 11.9 Å². The molecule has 1 aromatic carbocycles. The highest BCUT2D eigenvalue weighted by atomic mass is 32.2. The van der Waals surface area contributed by atoms with Crippen molar-refractivity contribution < 1.29 is 9.53 Å². The van der Waals surface area contributed by atoms with Gasteiger partial charge in [0.15, 0.2) is 0 Å². The van der Waals surface area contributed by atoms with Crippen molar-refractivity contribution >= 4 is 17.7 Å². The first-order valence-electron chi connectivity index (χ1n) is 10.6. The number of ether oxygens (including phenoxy) is 1. The summed E-state index contributed by atoms with van der Waals surface area (Å²) in [5, 5.41) is 13.0. The molecule has 7 nitrogen and oxygen atoms in total. The average molecular weight is 416 g/mol. The van der Waals surface area contributed by atoms with Crippen LogP contribution in [-0.2, 0) is 4.79 Å². The van der Waals surface area contributed by atoms with E-state index in [1.807, 2.05) is 16.8 Å². The van der Waals surface area contributed by atoms with Crippen LogP contribution in [0.3, 0.4) is 0 Å². The van der Waals surface area contributed by atoms with Gasteiger partial charge < -0.3 is 9.64 Å². The Morgan fingerprint density at radius 2 is 1.86 bits per heavy atom. The first-order valence-corrected chi connectivity index (χ1v) is 11.6. The second-order valence-corrected chi connectivity index (χ2v) is 8.80. The third kappa shape index (κ3) is 4.74. The minimum Gasteiger partial charge on any atom is -0.497 e. The van der Waals surface area contributed by atoms with Crippen LogP contribution >= 0.6 is 11.8 Å². The Balaban J connectivity index is 1.44. The second-order valence-electron chi connectivity index (χ2n) is 7.86. The van der Waals surface area contributed by atoms with E-state index < -0.39 is 0 Å². The Labute approximate surface area is 176 Å². The Bertz CT molecular complexity index is 804. The van der Waals surface area contributed by atoms with Crippen molar-refractivity contribution in [2.75, 3.05) is 19.4 Å². The van der Waals surface area contributed by atoms with Gasteiger partial charge in [-0.1, -0.05) is 49.6 Å². The number of aromatic nitrogens is 4. The lowest BCUT2D eigenvalue weighted by molar-refractivity contribution is -0.130.